The third-order valence-corrected chi connectivity index (χ3v) is 6.44. The van der Waals surface area contributed by atoms with Crippen LogP contribution in [-0.2, 0) is 14.6 Å². The topological polar surface area (TPSA) is 92.3 Å². The highest BCUT2D eigenvalue weighted by Crippen LogP contribution is 2.32. The summed E-state index contributed by atoms with van der Waals surface area (Å²) in [7, 11) is -3.13. The van der Waals surface area contributed by atoms with Crippen molar-refractivity contribution in [2.75, 3.05) is 30.0 Å². The second-order valence-electron chi connectivity index (χ2n) is 7.91. The van der Waals surface area contributed by atoms with Gasteiger partial charge in [0.05, 0.1) is 16.5 Å². The molecule has 0 bridgehead atoms. The maximum Gasteiger partial charge on any atom is 0.221 e. The Hall–Kier alpha value is -2.19. The Kier molecular flexibility index (Phi) is 6.98. The molecule has 2 aromatic heterocycles. The van der Waals surface area contributed by atoms with Crippen molar-refractivity contribution in [3.05, 3.63) is 40.7 Å². The average Bonchev–Trinajstić information content (AvgIpc) is 2.67. The van der Waals surface area contributed by atoms with Gasteiger partial charge in [0.1, 0.15) is 15.7 Å². The number of piperidine rings is 1. The second kappa shape index (κ2) is 9.31. The second-order valence-corrected chi connectivity index (χ2v) is 10.6. The molecule has 0 saturated carbocycles. The standard InChI is InChI=1S/C21H27ClN4O3S/c1-14-10-15(2)21(24-12-14)17-11-19(23-13-18(17)22)26-7-4-16(5-8-26)25-20(27)6-9-30(3,28)29/h10-13,16H,4-9H2,1-3H3,(H,25,27). The maximum absolute atomic E-state index is 12.0. The monoisotopic (exact) mass is 450 g/mol. The van der Waals surface area contributed by atoms with Crippen LogP contribution in [0.4, 0.5) is 5.82 Å². The van der Waals surface area contributed by atoms with Crippen molar-refractivity contribution in [1.29, 1.82) is 0 Å². The number of rotatable bonds is 6. The van der Waals surface area contributed by atoms with Crippen molar-refractivity contribution < 1.29 is 13.2 Å². The summed E-state index contributed by atoms with van der Waals surface area (Å²) in [6, 6.07) is 4.09. The molecule has 1 aliphatic rings. The molecule has 2 aromatic rings. The highest BCUT2D eigenvalue weighted by Gasteiger charge is 2.23. The number of amides is 1. The van der Waals surface area contributed by atoms with Crippen LogP contribution in [0.3, 0.4) is 0 Å². The largest absolute Gasteiger partial charge is 0.356 e. The highest BCUT2D eigenvalue weighted by molar-refractivity contribution is 7.90. The summed E-state index contributed by atoms with van der Waals surface area (Å²) in [5.41, 5.74) is 3.87. The van der Waals surface area contributed by atoms with Crippen LogP contribution in [0, 0.1) is 13.8 Å². The first-order valence-electron chi connectivity index (χ1n) is 9.93. The van der Waals surface area contributed by atoms with Gasteiger partial charge in [-0.15, -0.1) is 0 Å². The summed E-state index contributed by atoms with van der Waals surface area (Å²) in [5, 5.41) is 3.50. The molecule has 162 valence electrons. The fourth-order valence-corrected chi connectivity index (χ4v) is 4.36. The number of anilines is 1. The average molecular weight is 451 g/mol. The first-order valence-corrected chi connectivity index (χ1v) is 12.4. The number of sulfone groups is 1. The van der Waals surface area contributed by atoms with Gasteiger partial charge in [0.2, 0.25) is 5.91 Å². The number of carbonyl (C=O) groups excluding carboxylic acids is 1. The van der Waals surface area contributed by atoms with Crippen LogP contribution in [0.5, 0.6) is 0 Å². The Balaban J connectivity index is 1.64. The number of hydrogen-bond acceptors (Lipinski definition) is 6. The molecule has 1 saturated heterocycles. The van der Waals surface area contributed by atoms with Gasteiger partial charge >= 0.3 is 0 Å². The molecule has 1 amide bonds. The fraction of sp³-hybridized carbons (Fsp3) is 0.476. The number of halogens is 1. The predicted molar refractivity (Wildman–Crippen MR) is 120 cm³/mol. The number of carbonyl (C=O) groups is 1. The van der Waals surface area contributed by atoms with Crippen LogP contribution in [0.2, 0.25) is 5.02 Å². The minimum Gasteiger partial charge on any atom is -0.356 e. The van der Waals surface area contributed by atoms with Gasteiger partial charge < -0.3 is 10.2 Å². The summed E-state index contributed by atoms with van der Waals surface area (Å²) in [4.78, 5) is 23.2. The molecule has 0 aromatic carbocycles. The van der Waals surface area contributed by atoms with Crippen molar-refractivity contribution in [2.45, 2.75) is 39.2 Å². The molecule has 3 heterocycles. The zero-order valence-electron chi connectivity index (χ0n) is 17.5. The first kappa shape index (κ1) is 22.5. The minimum absolute atomic E-state index is 0.00402. The van der Waals surface area contributed by atoms with Crippen molar-refractivity contribution >= 4 is 33.2 Å². The Morgan fingerprint density at radius 3 is 2.53 bits per heavy atom. The first-order chi connectivity index (χ1) is 14.1. The van der Waals surface area contributed by atoms with Gasteiger partial charge in [-0.25, -0.2) is 13.4 Å². The van der Waals surface area contributed by atoms with E-state index in [0.29, 0.717) is 5.02 Å². The van der Waals surface area contributed by atoms with Crippen molar-refractivity contribution in [3.63, 3.8) is 0 Å². The summed E-state index contributed by atoms with van der Waals surface area (Å²) >= 11 is 6.41. The zero-order chi connectivity index (χ0) is 21.9. The van der Waals surface area contributed by atoms with Crippen LogP contribution in [0.1, 0.15) is 30.4 Å². The van der Waals surface area contributed by atoms with E-state index in [4.69, 9.17) is 11.6 Å². The van der Waals surface area contributed by atoms with E-state index in [9.17, 15) is 13.2 Å². The lowest BCUT2D eigenvalue weighted by Crippen LogP contribution is -2.45. The Labute approximate surface area is 182 Å². The van der Waals surface area contributed by atoms with E-state index < -0.39 is 9.84 Å². The number of nitrogens with zero attached hydrogens (tertiary/aromatic N) is 3. The van der Waals surface area contributed by atoms with E-state index in [1.165, 1.54) is 0 Å². The molecule has 0 aliphatic carbocycles. The van der Waals surface area contributed by atoms with Crippen LogP contribution < -0.4 is 10.2 Å². The third-order valence-electron chi connectivity index (χ3n) is 5.19. The molecule has 0 radical (unpaired) electrons. The number of aryl methyl sites for hydroxylation is 2. The maximum atomic E-state index is 12.0. The van der Waals surface area contributed by atoms with Crippen molar-refractivity contribution in [1.82, 2.24) is 15.3 Å². The molecule has 7 nitrogen and oxygen atoms in total. The van der Waals surface area contributed by atoms with Crippen molar-refractivity contribution in [3.8, 4) is 11.3 Å². The van der Waals surface area contributed by atoms with Gasteiger partial charge in [0.25, 0.3) is 0 Å². The third kappa shape index (κ3) is 5.92. The summed E-state index contributed by atoms with van der Waals surface area (Å²) in [5.74, 6) is 0.492. The van der Waals surface area contributed by atoms with Gasteiger partial charge in [0.15, 0.2) is 0 Å². The lowest BCUT2D eigenvalue weighted by Gasteiger charge is -2.33. The van der Waals surface area contributed by atoms with Gasteiger partial charge in [-0.05, 0) is 43.9 Å². The molecule has 0 atom stereocenters. The lowest BCUT2D eigenvalue weighted by molar-refractivity contribution is -0.121. The molecular weight excluding hydrogens is 424 g/mol. The number of hydrogen-bond donors (Lipinski definition) is 1. The van der Waals surface area contributed by atoms with Gasteiger partial charge in [-0.2, -0.15) is 0 Å². The number of pyridine rings is 2. The molecule has 1 N–H and O–H groups in total. The Morgan fingerprint density at radius 2 is 1.90 bits per heavy atom. The molecule has 0 spiro atoms. The quantitative estimate of drug-likeness (QED) is 0.727. The molecule has 0 unspecified atom stereocenters. The smallest absolute Gasteiger partial charge is 0.221 e. The molecule has 1 fully saturated rings. The zero-order valence-corrected chi connectivity index (χ0v) is 19.1. The Bertz CT molecular complexity index is 1030. The summed E-state index contributed by atoms with van der Waals surface area (Å²) in [6.07, 6.45) is 6.17. The van der Waals surface area contributed by atoms with Crippen LogP contribution >= 0.6 is 11.6 Å². The molecule has 9 heteroatoms. The van der Waals surface area contributed by atoms with E-state index >= 15 is 0 Å². The number of aromatic nitrogens is 2. The minimum atomic E-state index is -3.13. The normalized spacial score (nSPS) is 15.3. The van der Waals surface area contributed by atoms with Gasteiger partial charge in [0, 0.05) is 49.8 Å². The summed E-state index contributed by atoms with van der Waals surface area (Å²) in [6.45, 7) is 5.51. The lowest BCUT2D eigenvalue weighted by atomic mass is 10.0. The summed E-state index contributed by atoms with van der Waals surface area (Å²) < 4.78 is 22.4. The predicted octanol–water partition coefficient (Wildman–Crippen LogP) is 2.93. The molecule has 3 rings (SSSR count). The van der Waals surface area contributed by atoms with Gasteiger partial charge in [-0.1, -0.05) is 17.7 Å². The molecular formula is C21H27ClN4O3S. The van der Waals surface area contributed by atoms with Crippen LogP contribution in [-0.4, -0.2) is 55.4 Å². The fourth-order valence-electron chi connectivity index (χ4n) is 3.61. The highest BCUT2D eigenvalue weighted by atomic mass is 35.5. The van der Waals surface area contributed by atoms with Crippen LogP contribution in [0.15, 0.2) is 24.5 Å². The molecule has 1 aliphatic heterocycles. The van der Waals surface area contributed by atoms with Crippen LogP contribution in [0.25, 0.3) is 11.3 Å². The van der Waals surface area contributed by atoms with Crippen molar-refractivity contribution in [2.24, 2.45) is 0 Å². The number of nitrogens with one attached hydrogen (secondary N) is 1. The van der Waals surface area contributed by atoms with E-state index in [1.807, 2.05) is 26.1 Å². The molecule has 30 heavy (non-hydrogen) atoms. The Morgan fingerprint density at radius 1 is 1.20 bits per heavy atom. The van der Waals surface area contributed by atoms with E-state index in [-0.39, 0.29) is 24.1 Å². The van der Waals surface area contributed by atoms with E-state index in [0.717, 1.165) is 60.4 Å². The SMILES string of the molecule is Cc1cnc(-c2cc(N3CCC(NC(=O)CCS(C)(=O)=O)CC3)ncc2Cl)c(C)c1. The van der Waals surface area contributed by atoms with E-state index in [1.54, 1.807) is 6.20 Å². The van der Waals surface area contributed by atoms with Gasteiger partial charge in [-0.3, -0.25) is 9.78 Å². The van der Waals surface area contributed by atoms with E-state index in [2.05, 4.69) is 26.3 Å².